The molecule has 182 valence electrons. The quantitative estimate of drug-likeness (QED) is 0.596. The number of rotatable bonds is 3. The zero-order valence-electron chi connectivity index (χ0n) is 20.1. The zero-order chi connectivity index (χ0) is 23.6. The van der Waals surface area contributed by atoms with Gasteiger partial charge in [0.25, 0.3) is 0 Å². The van der Waals surface area contributed by atoms with Crippen LogP contribution in [0.1, 0.15) is 79.1 Å². The van der Waals surface area contributed by atoms with Crippen LogP contribution in [-0.2, 0) is 9.59 Å². The van der Waals surface area contributed by atoms with E-state index in [-0.39, 0.29) is 17.4 Å². The maximum Gasteiger partial charge on any atom is 0.393 e. The number of hydrogen-bond donors (Lipinski definition) is 1. The highest BCUT2D eigenvalue weighted by Crippen LogP contribution is 2.65. The van der Waals surface area contributed by atoms with Crippen molar-refractivity contribution in [3.8, 4) is 0 Å². The van der Waals surface area contributed by atoms with Gasteiger partial charge < -0.3 is 10.2 Å². The van der Waals surface area contributed by atoms with E-state index >= 15 is 0 Å². The predicted molar refractivity (Wildman–Crippen MR) is 116 cm³/mol. The van der Waals surface area contributed by atoms with Crippen LogP contribution in [0.5, 0.6) is 0 Å². The monoisotopic (exact) mass is 456 g/mol. The number of piperidine rings is 1. The van der Waals surface area contributed by atoms with E-state index in [1.54, 1.807) is 11.9 Å². The van der Waals surface area contributed by atoms with Gasteiger partial charge in [-0.25, -0.2) is 0 Å². The minimum atomic E-state index is -4.39. The predicted octanol–water partition coefficient (Wildman–Crippen LogP) is 5.17. The molecule has 7 heteroatoms. The first-order valence-electron chi connectivity index (χ1n) is 12.4. The van der Waals surface area contributed by atoms with Crippen LogP contribution in [0.4, 0.5) is 13.2 Å². The highest BCUT2D eigenvalue weighted by molar-refractivity contribution is 6.01. The molecule has 1 aliphatic heterocycles. The third-order valence-electron chi connectivity index (χ3n) is 10.3. The van der Waals surface area contributed by atoms with Gasteiger partial charge in [0, 0.05) is 19.1 Å². The van der Waals surface area contributed by atoms with Crippen molar-refractivity contribution in [1.29, 1.82) is 0 Å². The smallest absolute Gasteiger partial charge is 0.352 e. The van der Waals surface area contributed by atoms with Gasteiger partial charge in [0.15, 0.2) is 0 Å². The van der Waals surface area contributed by atoms with Crippen molar-refractivity contribution < 1.29 is 22.8 Å². The molecule has 0 radical (unpaired) electrons. The average molecular weight is 457 g/mol. The molecule has 3 aliphatic carbocycles. The Kier molecular flexibility index (Phi) is 5.89. The lowest BCUT2D eigenvalue weighted by Crippen LogP contribution is -2.65. The zero-order valence-corrected chi connectivity index (χ0v) is 20.1. The molecule has 4 fully saturated rings. The Morgan fingerprint density at radius 3 is 2.44 bits per heavy atom. The van der Waals surface area contributed by atoms with Crippen LogP contribution in [0.15, 0.2) is 0 Å². The summed E-state index contributed by atoms with van der Waals surface area (Å²) in [6, 6.07) is -0.961. The van der Waals surface area contributed by atoms with E-state index in [1.807, 2.05) is 0 Å². The minimum absolute atomic E-state index is 0.109. The number of hydrogen-bond acceptors (Lipinski definition) is 2. The van der Waals surface area contributed by atoms with Gasteiger partial charge in [-0.3, -0.25) is 9.59 Å². The second-order valence-electron chi connectivity index (χ2n) is 11.9. The van der Waals surface area contributed by atoms with Gasteiger partial charge in [0.2, 0.25) is 11.8 Å². The van der Waals surface area contributed by atoms with E-state index in [0.29, 0.717) is 23.7 Å². The molecule has 4 unspecified atom stereocenters. The molecule has 0 spiro atoms. The Labute approximate surface area is 190 Å². The Morgan fingerprint density at radius 2 is 1.78 bits per heavy atom. The lowest BCUT2D eigenvalue weighted by molar-refractivity contribution is -0.178. The first-order valence-corrected chi connectivity index (χ1v) is 12.4. The number of amides is 2. The van der Waals surface area contributed by atoms with E-state index in [9.17, 15) is 22.8 Å². The molecule has 4 aliphatic rings. The number of likely N-dealkylation sites (tertiary alicyclic amines) is 1. The van der Waals surface area contributed by atoms with Crippen LogP contribution >= 0.6 is 0 Å². The van der Waals surface area contributed by atoms with Crippen molar-refractivity contribution in [3.63, 3.8) is 0 Å². The molecule has 4 rings (SSSR count). The average Bonchev–Trinajstić information content (AvgIpc) is 3.11. The van der Waals surface area contributed by atoms with E-state index in [1.165, 1.54) is 32.6 Å². The summed E-state index contributed by atoms with van der Waals surface area (Å²) >= 11 is 0. The van der Waals surface area contributed by atoms with Crippen molar-refractivity contribution in [2.75, 3.05) is 7.05 Å². The van der Waals surface area contributed by atoms with Crippen molar-refractivity contribution in [2.45, 2.75) is 97.3 Å². The molecule has 0 aromatic rings. The molecule has 4 nitrogen and oxygen atoms in total. The van der Waals surface area contributed by atoms with Gasteiger partial charge in [-0.2, -0.15) is 13.2 Å². The number of nitrogens with one attached hydrogen (secondary N) is 1. The van der Waals surface area contributed by atoms with Crippen LogP contribution in [0.3, 0.4) is 0 Å². The number of carbonyl (C=O) groups is 2. The lowest BCUT2D eigenvalue weighted by Gasteiger charge is -2.62. The Hall–Kier alpha value is -1.27. The summed E-state index contributed by atoms with van der Waals surface area (Å²) in [5, 5.41) is 2.53. The van der Waals surface area contributed by atoms with E-state index < -0.39 is 30.0 Å². The first kappa shape index (κ1) is 23.9. The second kappa shape index (κ2) is 7.90. The summed E-state index contributed by atoms with van der Waals surface area (Å²) in [6.45, 7) is 7.14. The van der Waals surface area contributed by atoms with E-state index in [4.69, 9.17) is 0 Å². The first-order chi connectivity index (χ1) is 14.8. The molecule has 1 heterocycles. The van der Waals surface area contributed by atoms with Crippen molar-refractivity contribution in [1.82, 2.24) is 10.2 Å². The molecule has 2 amide bonds. The number of carbonyl (C=O) groups excluding carboxylic acids is 2. The molecular formula is C25H39F3N2O2. The van der Waals surface area contributed by atoms with Crippen LogP contribution in [0.2, 0.25) is 0 Å². The highest BCUT2D eigenvalue weighted by Gasteiger charge is 2.61. The number of nitrogens with zero attached hydrogens (tertiary/aromatic N) is 1. The largest absolute Gasteiger partial charge is 0.393 e. The summed E-state index contributed by atoms with van der Waals surface area (Å²) in [4.78, 5) is 28.0. The van der Waals surface area contributed by atoms with Crippen molar-refractivity contribution >= 4 is 11.8 Å². The topological polar surface area (TPSA) is 49.4 Å². The fraction of sp³-hybridized carbons (Fsp3) is 0.920. The van der Waals surface area contributed by atoms with E-state index in [2.05, 4.69) is 19.2 Å². The van der Waals surface area contributed by atoms with Crippen LogP contribution < -0.4 is 5.32 Å². The Balaban J connectivity index is 1.55. The molecule has 0 bridgehead atoms. The van der Waals surface area contributed by atoms with Crippen LogP contribution in [-0.4, -0.2) is 42.0 Å². The molecule has 32 heavy (non-hydrogen) atoms. The maximum atomic E-state index is 13.1. The SMILES string of the molecule is CC(NC(=O)C1C[C@@]2(C)C(CC[C@@H]3[C@H]2CC[C@]2(C)CCC[C@@H]32)N(C)C1=O)C(C)C(F)(F)F. The van der Waals surface area contributed by atoms with Gasteiger partial charge in [0.05, 0.1) is 5.92 Å². The third-order valence-corrected chi connectivity index (χ3v) is 10.3. The number of fused-ring (bicyclic) bond motifs is 5. The van der Waals surface area contributed by atoms with E-state index in [0.717, 1.165) is 32.1 Å². The fourth-order valence-corrected chi connectivity index (χ4v) is 8.22. The van der Waals surface area contributed by atoms with Gasteiger partial charge in [-0.15, -0.1) is 0 Å². The fourth-order valence-electron chi connectivity index (χ4n) is 8.22. The van der Waals surface area contributed by atoms with Crippen LogP contribution in [0, 0.1) is 40.4 Å². The molecule has 1 N–H and O–H groups in total. The Bertz CT molecular complexity index is 771. The van der Waals surface area contributed by atoms with Gasteiger partial charge in [-0.05, 0) is 80.5 Å². The van der Waals surface area contributed by atoms with Crippen molar-refractivity contribution in [3.05, 3.63) is 0 Å². The molecule has 3 saturated carbocycles. The Morgan fingerprint density at radius 1 is 1.09 bits per heavy atom. The molecule has 0 aromatic carbocycles. The molecule has 0 aromatic heterocycles. The molecular weight excluding hydrogens is 417 g/mol. The molecule has 9 atom stereocenters. The lowest BCUT2D eigenvalue weighted by atomic mass is 9.47. The van der Waals surface area contributed by atoms with Crippen molar-refractivity contribution in [2.24, 2.45) is 40.4 Å². The standard InChI is InChI=1S/C25H39F3N2O2/c1-14(25(26,27)28)15(2)29-21(31)17-13-24(4)19-10-12-23(3)11-6-7-18(23)16(19)8-9-20(24)30(5)22(17)32/h14-20H,6-13H2,1-5H3,(H,29,31)/t14?,15?,16-,17?,18-,19+,20?,23-,24+/m0/s1. The van der Waals surface area contributed by atoms with Gasteiger partial charge in [0.1, 0.15) is 5.92 Å². The maximum absolute atomic E-state index is 13.1. The summed E-state index contributed by atoms with van der Waals surface area (Å²) in [5.41, 5.74) is 0.261. The minimum Gasteiger partial charge on any atom is -0.352 e. The summed E-state index contributed by atoms with van der Waals surface area (Å²) < 4.78 is 39.3. The number of alkyl halides is 3. The van der Waals surface area contributed by atoms with Crippen LogP contribution in [0.25, 0.3) is 0 Å². The highest BCUT2D eigenvalue weighted by atomic mass is 19.4. The second-order valence-corrected chi connectivity index (χ2v) is 11.9. The van der Waals surface area contributed by atoms with Gasteiger partial charge >= 0.3 is 6.18 Å². The summed E-state index contributed by atoms with van der Waals surface area (Å²) in [5.74, 6) is -1.53. The molecule has 1 saturated heterocycles. The normalized spacial score (nSPS) is 43.7. The number of halogens is 3. The summed E-state index contributed by atoms with van der Waals surface area (Å²) in [6.07, 6.45) is 4.38. The summed E-state index contributed by atoms with van der Waals surface area (Å²) in [7, 11) is 1.79. The third kappa shape index (κ3) is 3.66. The van der Waals surface area contributed by atoms with Gasteiger partial charge in [-0.1, -0.05) is 27.2 Å².